The normalized spacial score (nSPS) is 10.3. The minimum atomic E-state index is -0.469. The Bertz CT molecular complexity index is 540. The van der Waals surface area contributed by atoms with Gasteiger partial charge in [-0.1, -0.05) is 5.16 Å². The first-order chi connectivity index (χ1) is 8.66. The van der Waals surface area contributed by atoms with E-state index >= 15 is 0 Å². The molecule has 8 nitrogen and oxygen atoms in total. The van der Waals surface area contributed by atoms with Crippen LogP contribution < -0.4 is 5.32 Å². The fraction of sp³-hybridized carbons (Fsp3) is 0.300. The summed E-state index contributed by atoms with van der Waals surface area (Å²) in [5.41, 5.74) is 0.702. The third-order valence-corrected chi connectivity index (χ3v) is 2.32. The number of nitro groups is 1. The standard InChI is InChI=1S/C10H11N5O3/c1-7-4-8(15(16)17)5-12-10(7)11-3-2-9-13-6-18-14-9/h4-6H,2-3H2,1H3,(H,11,12). The zero-order valence-corrected chi connectivity index (χ0v) is 9.66. The molecule has 0 saturated heterocycles. The highest BCUT2D eigenvalue weighted by Crippen LogP contribution is 2.17. The maximum absolute atomic E-state index is 10.6. The van der Waals surface area contributed by atoms with Crippen LogP contribution in [0.3, 0.4) is 0 Å². The fourth-order valence-corrected chi connectivity index (χ4v) is 1.44. The molecule has 2 rings (SSSR count). The number of nitrogens with one attached hydrogen (secondary N) is 1. The number of nitrogens with zero attached hydrogens (tertiary/aromatic N) is 4. The summed E-state index contributed by atoms with van der Waals surface area (Å²) in [7, 11) is 0. The van der Waals surface area contributed by atoms with Gasteiger partial charge in [-0.25, -0.2) is 4.98 Å². The van der Waals surface area contributed by atoms with Gasteiger partial charge in [0, 0.05) is 19.0 Å². The van der Waals surface area contributed by atoms with Crippen LogP contribution in [-0.2, 0) is 6.42 Å². The van der Waals surface area contributed by atoms with E-state index in [-0.39, 0.29) is 5.69 Å². The molecule has 2 heterocycles. The zero-order chi connectivity index (χ0) is 13.0. The van der Waals surface area contributed by atoms with Crippen molar-refractivity contribution in [3.8, 4) is 0 Å². The highest BCUT2D eigenvalue weighted by atomic mass is 16.6. The SMILES string of the molecule is Cc1cc([N+](=O)[O-])cnc1NCCc1ncon1. The summed E-state index contributed by atoms with van der Waals surface area (Å²) >= 11 is 0. The zero-order valence-electron chi connectivity index (χ0n) is 9.66. The van der Waals surface area contributed by atoms with Crippen molar-refractivity contribution in [2.24, 2.45) is 0 Å². The van der Waals surface area contributed by atoms with Crippen molar-refractivity contribution >= 4 is 11.5 Å². The van der Waals surface area contributed by atoms with E-state index in [1.54, 1.807) is 6.92 Å². The Kier molecular flexibility index (Phi) is 3.46. The van der Waals surface area contributed by atoms with Crippen molar-refractivity contribution < 1.29 is 9.45 Å². The highest BCUT2D eigenvalue weighted by Gasteiger charge is 2.09. The van der Waals surface area contributed by atoms with Gasteiger partial charge in [0.15, 0.2) is 5.82 Å². The second-order valence-electron chi connectivity index (χ2n) is 3.64. The van der Waals surface area contributed by atoms with Crippen molar-refractivity contribution in [2.45, 2.75) is 13.3 Å². The predicted octanol–water partition coefficient (Wildman–Crippen LogP) is 1.34. The molecular formula is C10H11N5O3. The van der Waals surface area contributed by atoms with E-state index in [0.717, 1.165) is 5.56 Å². The second kappa shape index (κ2) is 5.21. The molecule has 0 bridgehead atoms. The van der Waals surface area contributed by atoms with Crippen molar-refractivity contribution in [1.29, 1.82) is 0 Å². The smallest absolute Gasteiger partial charge is 0.287 e. The van der Waals surface area contributed by atoms with Crippen molar-refractivity contribution in [2.75, 3.05) is 11.9 Å². The number of hydrogen-bond acceptors (Lipinski definition) is 7. The maximum atomic E-state index is 10.6. The largest absolute Gasteiger partial charge is 0.369 e. The average Bonchev–Trinajstić information content (AvgIpc) is 2.84. The van der Waals surface area contributed by atoms with Gasteiger partial charge in [-0.3, -0.25) is 10.1 Å². The number of anilines is 1. The minimum absolute atomic E-state index is 0.0174. The van der Waals surface area contributed by atoms with Crippen LogP contribution in [-0.4, -0.2) is 26.6 Å². The summed E-state index contributed by atoms with van der Waals surface area (Å²) in [6, 6.07) is 1.48. The van der Waals surface area contributed by atoms with Gasteiger partial charge in [-0.15, -0.1) is 0 Å². The topological polar surface area (TPSA) is 107 Å². The molecule has 0 aliphatic rings. The Balaban J connectivity index is 1.95. The molecule has 18 heavy (non-hydrogen) atoms. The van der Waals surface area contributed by atoms with Crippen molar-refractivity contribution in [1.82, 2.24) is 15.1 Å². The number of aromatic nitrogens is 3. The number of rotatable bonds is 5. The first-order valence-electron chi connectivity index (χ1n) is 5.27. The molecule has 0 fully saturated rings. The van der Waals surface area contributed by atoms with E-state index in [2.05, 4.69) is 25.0 Å². The molecule has 0 radical (unpaired) electrons. The molecule has 0 spiro atoms. The van der Waals surface area contributed by atoms with Gasteiger partial charge in [-0.05, 0) is 12.5 Å². The number of hydrogen-bond donors (Lipinski definition) is 1. The molecule has 0 aliphatic carbocycles. The molecule has 94 valence electrons. The summed E-state index contributed by atoms with van der Waals surface area (Å²) in [5.74, 6) is 1.21. The Morgan fingerprint density at radius 3 is 2.94 bits per heavy atom. The summed E-state index contributed by atoms with van der Waals surface area (Å²) in [6.07, 6.45) is 3.09. The van der Waals surface area contributed by atoms with Crippen molar-refractivity contribution in [3.05, 3.63) is 40.2 Å². The van der Waals surface area contributed by atoms with E-state index in [9.17, 15) is 10.1 Å². The van der Waals surface area contributed by atoms with Crippen LogP contribution in [0, 0.1) is 17.0 Å². The van der Waals surface area contributed by atoms with Gasteiger partial charge in [0.1, 0.15) is 12.0 Å². The maximum Gasteiger partial charge on any atom is 0.287 e. The van der Waals surface area contributed by atoms with Gasteiger partial charge in [0.25, 0.3) is 5.69 Å². The quantitative estimate of drug-likeness (QED) is 0.629. The van der Waals surface area contributed by atoms with Crippen LogP contribution in [0.1, 0.15) is 11.4 Å². The van der Waals surface area contributed by atoms with Gasteiger partial charge in [-0.2, -0.15) is 4.98 Å². The molecule has 8 heteroatoms. The molecule has 0 aliphatic heterocycles. The monoisotopic (exact) mass is 249 g/mol. The van der Waals surface area contributed by atoms with Gasteiger partial charge < -0.3 is 9.84 Å². The lowest BCUT2D eigenvalue weighted by Gasteiger charge is -2.06. The van der Waals surface area contributed by atoms with E-state index in [1.165, 1.54) is 18.7 Å². The van der Waals surface area contributed by atoms with Crippen LogP contribution in [0.2, 0.25) is 0 Å². The van der Waals surface area contributed by atoms with Crippen LogP contribution in [0.25, 0.3) is 0 Å². The summed E-state index contributed by atoms with van der Waals surface area (Å²) in [4.78, 5) is 18.0. The van der Waals surface area contributed by atoms with Crippen LogP contribution >= 0.6 is 0 Å². The molecule has 0 atom stereocenters. The van der Waals surface area contributed by atoms with Crippen molar-refractivity contribution in [3.63, 3.8) is 0 Å². The molecule has 2 aromatic rings. The molecular weight excluding hydrogens is 238 g/mol. The first-order valence-corrected chi connectivity index (χ1v) is 5.27. The second-order valence-corrected chi connectivity index (χ2v) is 3.64. The first kappa shape index (κ1) is 12.0. The fourth-order valence-electron chi connectivity index (χ4n) is 1.44. The summed E-state index contributed by atoms with van der Waals surface area (Å²) in [5, 5.41) is 17.3. The van der Waals surface area contributed by atoms with Gasteiger partial charge >= 0.3 is 0 Å². The number of pyridine rings is 1. The average molecular weight is 249 g/mol. The van der Waals surface area contributed by atoms with Crippen LogP contribution in [0.15, 0.2) is 23.2 Å². The highest BCUT2D eigenvalue weighted by molar-refractivity contribution is 5.48. The summed E-state index contributed by atoms with van der Waals surface area (Å²) in [6.45, 7) is 2.34. The van der Waals surface area contributed by atoms with Crippen LogP contribution in [0.4, 0.5) is 11.5 Å². The molecule has 0 aromatic carbocycles. The lowest BCUT2D eigenvalue weighted by atomic mass is 10.2. The van der Waals surface area contributed by atoms with Gasteiger partial charge in [0.2, 0.25) is 6.39 Å². The molecule has 2 aromatic heterocycles. The van der Waals surface area contributed by atoms with E-state index in [4.69, 9.17) is 0 Å². The van der Waals surface area contributed by atoms with E-state index in [0.29, 0.717) is 24.6 Å². The molecule has 0 unspecified atom stereocenters. The van der Waals surface area contributed by atoms with Crippen LogP contribution in [0.5, 0.6) is 0 Å². The lowest BCUT2D eigenvalue weighted by molar-refractivity contribution is -0.385. The Hall–Kier alpha value is -2.51. The molecule has 0 saturated carbocycles. The molecule has 1 N–H and O–H groups in total. The Labute approximate surface area is 102 Å². The molecule has 0 amide bonds. The number of aryl methyl sites for hydroxylation is 1. The Morgan fingerprint density at radius 2 is 2.33 bits per heavy atom. The summed E-state index contributed by atoms with van der Waals surface area (Å²) < 4.78 is 4.60. The predicted molar refractivity (Wildman–Crippen MR) is 62.1 cm³/mol. The minimum Gasteiger partial charge on any atom is -0.369 e. The third-order valence-electron chi connectivity index (χ3n) is 2.32. The third kappa shape index (κ3) is 2.78. The lowest BCUT2D eigenvalue weighted by Crippen LogP contribution is -2.08. The van der Waals surface area contributed by atoms with E-state index < -0.39 is 4.92 Å². The van der Waals surface area contributed by atoms with E-state index in [1.807, 2.05) is 0 Å². The van der Waals surface area contributed by atoms with Gasteiger partial charge in [0.05, 0.1) is 4.92 Å². The Morgan fingerprint density at radius 1 is 1.50 bits per heavy atom.